The van der Waals surface area contributed by atoms with E-state index in [4.69, 9.17) is 15.2 Å². The number of piperazine rings is 1. The number of hydrogen-bond acceptors (Lipinski definition) is 5. The molecule has 0 radical (unpaired) electrons. The van der Waals surface area contributed by atoms with E-state index in [1.807, 2.05) is 60.7 Å². The van der Waals surface area contributed by atoms with Crippen molar-refractivity contribution in [2.75, 3.05) is 37.6 Å². The van der Waals surface area contributed by atoms with Gasteiger partial charge >= 0.3 is 6.09 Å². The molecule has 1 fully saturated rings. The zero-order valence-electron chi connectivity index (χ0n) is 18.8. The Hall–Kier alpha value is -3.51. The van der Waals surface area contributed by atoms with Crippen molar-refractivity contribution in [1.82, 2.24) is 4.90 Å². The predicted octanol–water partition coefficient (Wildman–Crippen LogP) is 4.61. The van der Waals surface area contributed by atoms with Crippen LogP contribution in [0.5, 0.6) is 5.75 Å². The molecule has 0 saturated carbocycles. The molecule has 1 aliphatic rings. The monoisotopic (exact) mass is 445 g/mol. The molecule has 1 aliphatic heterocycles. The van der Waals surface area contributed by atoms with Crippen molar-refractivity contribution in [3.05, 3.63) is 96.1 Å². The number of anilines is 1. The van der Waals surface area contributed by atoms with Crippen LogP contribution in [-0.2, 0) is 11.3 Å². The number of rotatable bonds is 9. The Morgan fingerprint density at radius 3 is 2.12 bits per heavy atom. The topological polar surface area (TPSA) is 68.0 Å². The molecule has 2 N–H and O–H groups in total. The molecule has 172 valence electrons. The van der Waals surface area contributed by atoms with E-state index in [9.17, 15) is 4.79 Å². The van der Waals surface area contributed by atoms with Gasteiger partial charge in [-0.1, -0.05) is 60.7 Å². The fourth-order valence-electron chi connectivity index (χ4n) is 4.13. The number of carbonyl (C=O) groups excluding carboxylic acids is 1. The zero-order valence-corrected chi connectivity index (χ0v) is 18.8. The Bertz CT molecular complexity index is 988. The Morgan fingerprint density at radius 2 is 1.48 bits per heavy atom. The van der Waals surface area contributed by atoms with Crippen LogP contribution in [0.3, 0.4) is 0 Å². The van der Waals surface area contributed by atoms with E-state index in [-0.39, 0.29) is 6.10 Å². The van der Waals surface area contributed by atoms with Crippen LogP contribution in [0.1, 0.15) is 23.7 Å². The van der Waals surface area contributed by atoms with E-state index in [0.717, 1.165) is 56.0 Å². The molecule has 1 saturated heterocycles. The van der Waals surface area contributed by atoms with Crippen molar-refractivity contribution < 1.29 is 14.3 Å². The molecule has 6 heteroatoms. The lowest BCUT2D eigenvalue weighted by atomic mass is 10.1. The van der Waals surface area contributed by atoms with Gasteiger partial charge in [0.1, 0.15) is 18.5 Å². The number of nitrogens with zero attached hydrogens (tertiary/aromatic N) is 2. The van der Waals surface area contributed by atoms with Crippen LogP contribution in [-0.4, -0.2) is 43.7 Å². The van der Waals surface area contributed by atoms with E-state index in [1.54, 1.807) is 0 Å². The molecule has 0 spiro atoms. The number of benzene rings is 3. The number of hydrogen-bond donors (Lipinski definition) is 1. The fraction of sp³-hybridized carbons (Fsp3) is 0.296. The SMILES string of the molecule is NC(=O)OC(CCN1CCN(c2ccc(OCc3ccccc3)cc2)CC1)c1ccccc1. The predicted molar refractivity (Wildman–Crippen MR) is 130 cm³/mol. The van der Waals surface area contributed by atoms with Crippen LogP contribution >= 0.6 is 0 Å². The van der Waals surface area contributed by atoms with E-state index in [0.29, 0.717) is 6.61 Å². The van der Waals surface area contributed by atoms with Gasteiger partial charge in [-0.15, -0.1) is 0 Å². The second kappa shape index (κ2) is 11.4. The summed E-state index contributed by atoms with van der Waals surface area (Å²) in [6.45, 7) is 5.26. The summed E-state index contributed by atoms with van der Waals surface area (Å²) in [5.41, 5.74) is 8.64. The van der Waals surface area contributed by atoms with Crippen LogP contribution < -0.4 is 15.4 Å². The maximum Gasteiger partial charge on any atom is 0.405 e. The van der Waals surface area contributed by atoms with Crippen molar-refractivity contribution >= 4 is 11.8 Å². The smallest absolute Gasteiger partial charge is 0.405 e. The van der Waals surface area contributed by atoms with Crippen LogP contribution in [0.25, 0.3) is 0 Å². The quantitative estimate of drug-likeness (QED) is 0.521. The highest BCUT2D eigenvalue weighted by Crippen LogP contribution is 2.24. The molecule has 4 rings (SSSR count). The summed E-state index contributed by atoms with van der Waals surface area (Å²) in [7, 11) is 0. The minimum absolute atomic E-state index is 0.315. The van der Waals surface area contributed by atoms with Crippen LogP contribution in [0.15, 0.2) is 84.9 Å². The summed E-state index contributed by atoms with van der Waals surface area (Å²) in [5, 5.41) is 0. The second-order valence-electron chi connectivity index (χ2n) is 8.22. The lowest BCUT2D eigenvalue weighted by molar-refractivity contribution is 0.0910. The second-order valence-corrected chi connectivity index (χ2v) is 8.22. The molecule has 3 aromatic rings. The molecule has 1 atom stereocenters. The molecule has 33 heavy (non-hydrogen) atoms. The third-order valence-corrected chi connectivity index (χ3v) is 5.96. The highest BCUT2D eigenvalue weighted by Gasteiger charge is 2.20. The van der Waals surface area contributed by atoms with Gasteiger partial charge in [0.2, 0.25) is 0 Å². The van der Waals surface area contributed by atoms with Crippen molar-refractivity contribution in [2.24, 2.45) is 5.73 Å². The van der Waals surface area contributed by atoms with Crippen LogP contribution in [0.4, 0.5) is 10.5 Å². The van der Waals surface area contributed by atoms with Gasteiger partial charge < -0.3 is 20.1 Å². The summed E-state index contributed by atoms with van der Waals surface area (Å²) in [6, 6.07) is 28.3. The van der Waals surface area contributed by atoms with Gasteiger partial charge in [0, 0.05) is 44.8 Å². The first-order valence-electron chi connectivity index (χ1n) is 11.4. The van der Waals surface area contributed by atoms with Gasteiger partial charge in [0.15, 0.2) is 0 Å². The van der Waals surface area contributed by atoms with Gasteiger partial charge in [-0.25, -0.2) is 4.79 Å². The van der Waals surface area contributed by atoms with Gasteiger partial charge in [-0.05, 0) is 35.4 Å². The lowest BCUT2D eigenvalue weighted by Crippen LogP contribution is -2.46. The highest BCUT2D eigenvalue weighted by molar-refractivity contribution is 5.65. The summed E-state index contributed by atoms with van der Waals surface area (Å²) in [6.07, 6.45) is -0.324. The van der Waals surface area contributed by atoms with E-state index < -0.39 is 6.09 Å². The number of carbonyl (C=O) groups is 1. The third kappa shape index (κ3) is 6.73. The summed E-state index contributed by atoms with van der Waals surface area (Å²) < 4.78 is 11.3. The summed E-state index contributed by atoms with van der Waals surface area (Å²) in [4.78, 5) is 16.1. The number of primary amides is 1. The van der Waals surface area contributed by atoms with Crippen molar-refractivity contribution in [3.8, 4) is 5.75 Å². The Kier molecular flexibility index (Phi) is 7.82. The number of nitrogens with two attached hydrogens (primary N) is 1. The normalized spacial score (nSPS) is 15.1. The Balaban J connectivity index is 1.24. The van der Waals surface area contributed by atoms with Crippen molar-refractivity contribution in [2.45, 2.75) is 19.1 Å². The minimum Gasteiger partial charge on any atom is -0.489 e. The average Bonchev–Trinajstić information content (AvgIpc) is 2.87. The van der Waals surface area contributed by atoms with Crippen molar-refractivity contribution in [3.63, 3.8) is 0 Å². The largest absolute Gasteiger partial charge is 0.489 e. The molecule has 0 bridgehead atoms. The number of amides is 1. The van der Waals surface area contributed by atoms with Gasteiger partial charge in [0.25, 0.3) is 0 Å². The molecule has 1 unspecified atom stereocenters. The fourth-order valence-corrected chi connectivity index (χ4v) is 4.13. The van der Waals surface area contributed by atoms with Gasteiger partial charge in [0.05, 0.1) is 0 Å². The van der Waals surface area contributed by atoms with Gasteiger partial charge in [-0.2, -0.15) is 0 Å². The third-order valence-electron chi connectivity index (χ3n) is 5.96. The molecule has 3 aromatic carbocycles. The average molecular weight is 446 g/mol. The van der Waals surface area contributed by atoms with Crippen LogP contribution in [0.2, 0.25) is 0 Å². The summed E-state index contributed by atoms with van der Waals surface area (Å²) >= 11 is 0. The first-order chi connectivity index (χ1) is 16.2. The molecule has 1 amide bonds. The maximum atomic E-state index is 11.3. The molecular formula is C27H31N3O3. The first kappa shape index (κ1) is 22.7. The zero-order chi connectivity index (χ0) is 22.9. The van der Waals surface area contributed by atoms with Crippen LogP contribution in [0, 0.1) is 0 Å². The molecule has 6 nitrogen and oxygen atoms in total. The highest BCUT2D eigenvalue weighted by atomic mass is 16.6. The Morgan fingerprint density at radius 1 is 0.848 bits per heavy atom. The van der Waals surface area contributed by atoms with Crippen molar-refractivity contribution in [1.29, 1.82) is 0 Å². The molecule has 0 aliphatic carbocycles. The number of ether oxygens (including phenoxy) is 2. The summed E-state index contributed by atoms with van der Waals surface area (Å²) in [5.74, 6) is 0.877. The molecular weight excluding hydrogens is 414 g/mol. The van der Waals surface area contributed by atoms with E-state index in [1.165, 1.54) is 5.69 Å². The minimum atomic E-state index is -0.732. The first-order valence-corrected chi connectivity index (χ1v) is 11.4. The molecule has 1 heterocycles. The van der Waals surface area contributed by atoms with E-state index >= 15 is 0 Å². The van der Waals surface area contributed by atoms with E-state index in [2.05, 4.69) is 34.1 Å². The van der Waals surface area contributed by atoms with Gasteiger partial charge in [-0.3, -0.25) is 4.90 Å². The standard InChI is InChI=1S/C27H31N3O3/c28-27(31)33-26(23-9-5-2-6-10-23)15-16-29-17-19-30(20-18-29)24-11-13-25(14-12-24)32-21-22-7-3-1-4-8-22/h1-14,26H,15-21H2,(H2,28,31). The maximum absolute atomic E-state index is 11.3. The molecule has 0 aromatic heterocycles. The lowest BCUT2D eigenvalue weighted by Gasteiger charge is -2.36. The Labute approximate surface area is 195 Å².